The van der Waals surface area contributed by atoms with E-state index in [1.54, 1.807) is 0 Å². The van der Waals surface area contributed by atoms with E-state index >= 15 is 0 Å². The standard InChI is InChI=1S/C15H24O3/c1-10(13(16)17)11-5-8-14(2)6-4-7-15(3,18)12(14)9-11/h11-12,18H,1,4-9H2,2-3H3,(H,16,17)/t11-,12-,14+,15+/m0/s1. The molecule has 102 valence electrons. The predicted molar refractivity (Wildman–Crippen MR) is 70.2 cm³/mol. The monoisotopic (exact) mass is 252 g/mol. The lowest BCUT2D eigenvalue weighted by molar-refractivity contribution is -0.137. The highest BCUT2D eigenvalue weighted by atomic mass is 16.4. The van der Waals surface area contributed by atoms with E-state index in [-0.39, 0.29) is 17.3 Å². The molecule has 0 radical (unpaired) electrons. The number of hydrogen-bond acceptors (Lipinski definition) is 2. The van der Waals surface area contributed by atoms with Gasteiger partial charge < -0.3 is 10.2 Å². The van der Waals surface area contributed by atoms with Crippen molar-refractivity contribution in [2.45, 2.75) is 58.0 Å². The van der Waals surface area contributed by atoms with Crippen LogP contribution in [0.2, 0.25) is 0 Å². The molecule has 2 fully saturated rings. The van der Waals surface area contributed by atoms with Crippen molar-refractivity contribution in [3.8, 4) is 0 Å². The number of carbonyl (C=O) groups is 1. The summed E-state index contributed by atoms with van der Waals surface area (Å²) in [6.45, 7) is 7.88. The molecule has 18 heavy (non-hydrogen) atoms. The molecule has 0 amide bonds. The van der Waals surface area contributed by atoms with Crippen molar-refractivity contribution in [2.75, 3.05) is 0 Å². The molecule has 4 atom stereocenters. The highest BCUT2D eigenvalue weighted by Crippen LogP contribution is 2.56. The molecule has 0 spiro atoms. The minimum absolute atomic E-state index is 0.0325. The van der Waals surface area contributed by atoms with Crippen molar-refractivity contribution < 1.29 is 15.0 Å². The topological polar surface area (TPSA) is 57.5 Å². The predicted octanol–water partition coefficient (Wildman–Crippen LogP) is 2.98. The molecule has 0 aromatic heterocycles. The molecule has 0 saturated heterocycles. The van der Waals surface area contributed by atoms with Crippen molar-refractivity contribution in [3.63, 3.8) is 0 Å². The first-order valence-electron chi connectivity index (χ1n) is 6.91. The summed E-state index contributed by atoms with van der Waals surface area (Å²) < 4.78 is 0. The molecule has 2 rings (SSSR count). The van der Waals surface area contributed by atoms with Gasteiger partial charge in [-0.1, -0.05) is 19.9 Å². The summed E-state index contributed by atoms with van der Waals surface area (Å²) in [5.41, 5.74) is -0.153. The van der Waals surface area contributed by atoms with Crippen molar-refractivity contribution in [2.24, 2.45) is 17.3 Å². The fourth-order valence-electron chi connectivity index (χ4n) is 4.18. The molecule has 3 heteroatoms. The fourth-order valence-corrected chi connectivity index (χ4v) is 4.18. The largest absolute Gasteiger partial charge is 0.478 e. The first kappa shape index (κ1) is 13.6. The maximum Gasteiger partial charge on any atom is 0.331 e. The van der Waals surface area contributed by atoms with Gasteiger partial charge in [-0.2, -0.15) is 0 Å². The van der Waals surface area contributed by atoms with Crippen LogP contribution in [-0.4, -0.2) is 21.8 Å². The summed E-state index contributed by atoms with van der Waals surface area (Å²) in [7, 11) is 0. The van der Waals surface area contributed by atoms with E-state index < -0.39 is 11.6 Å². The number of hydrogen-bond donors (Lipinski definition) is 2. The Morgan fingerprint density at radius 2 is 1.94 bits per heavy atom. The molecule has 0 unspecified atom stereocenters. The van der Waals surface area contributed by atoms with Crippen LogP contribution in [0.1, 0.15) is 52.4 Å². The number of aliphatic carboxylic acids is 1. The summed E-state index contributed by atoms with van der Waals surface area (Å²) >= 11 is 0. The fraction of sp³-hybridized carbons (Fsp3) is 0.800. The van der Waals surface area contributed by atoms with Gasteiger partial charge in [0.05, 0.1) is 5.60 Å². The van der Waals surface area contributed by atoms with Crippen LogP contribution in [-0.2, 0) is 4.79 Å². The highest BCUT2D eigenvalue weighted by Gasteiger charge is 2.51. The van der Waals surface area contributed by atoms with Gasteiger partial charge in [-0.05, 0) is 56.3 Å². The zero-order valence-corrected chi connectivity index (χ0v) is 11.4. The van der Waals surface area contributed by atoms with Gasteiger partial charge in [0.1, 0.15) is 0 Å². The second-order valence-electron chi connectivity index (χ2n) is 6.72. The quantitative estimate of drug-likeness (QED) is 0.743. The number of carboxylic acids is 1. The van der Waals surface area contributed by atoms with Gasteiger partial charge in [-0.15, -0.1) is 0 Å². The molecule has 0 aromatic carbocycles. The van der Waals surface area contributed by atoms with Gasteiger partial charge in [-0.25, -0.2) is 4.79 Å². The third-order valence-electron chi connectivity index (χ3n) is 5.37. The van der Waals surface area contributed by atoms with Crippen LogP contribution in [0.3, 0.4) is 0 Å². The maximum atomic E-state index is 11.0. The molecule has 0 aliphatic heterocycles. The zero-order chi connectivity index (χ0) is 13.6. The SMILES string of the molecule is C=C(C(=O)O)[C@H]1CC[C@@]2(C)CCC[C@@](C)(O)[C@H]2C1. The molecule has 2 aliphatic rings. The van der Waals surface area contributed by atoms with E-state index in [9.17, 15) is 9.90 Å². The summed E-state index contributed by atoms with van der Waals surface area (Å²) in [6.07, 6.45) is 5.73. The Bertz CT molecular complexity index is 372. The minimum Gasteiger partial charge on any atom is -0.478 e. The summed E-state index contributed by atoms with van der Waals surface area (Å²) in [5, 5.41) is 19.7. The Balaban J connectivity index is 2.19. The molecule has 0 bridgehead atoms. The Morgan fingerprint density at radius 3 is 2.56 bits per heavy atom. The number of rotatable bonds is 2. The van der Waals surface area contributed by atoms with Gasteiger partial charge in [0.2, 0.25) is 0 Å². The summed E-state index contributed by atoms with van der Waals surface area (Å²) in [4.78, 5) is 11.0. The molecule has 0 heterocycles. The van der Waals surface area contributed by atoms with Crippen LogP contribution in [0.15, 0.2) is 12.2 Å². The molecular weight excluding hydrogens is 228 g/mol. The van der Waals surface area contributed by atoms with Crippen LogP contribution in [0.4, 0.5) is 0 Å². The second-order valence-corrected chi connectivity index (χ2v) is 6.72. The number of fused-ring (bicyclic) bond motifs is 1. The molecule has 2 aliphatic carbocycles. The van der Waals surface area contributed by atoms with E-state index in [4.69, 9.17) is 5.11 Å². The average Bonchev–Trinajstić information content (AvgIpc) is 2.27. The van der Waals surface area contributed by atoms with E-state index in [0.29, 0.717) is 5.57 Å². The van der Waals surface area contributed by atoms with Crippen LogP contribution >= 0.6 is 0 Å². The van der Waals surface area contributed by atoms with E-state index in [0.717, 1.165) is 38.5 Å². The number of carboxylic acid groups (broad SMARTS) is 1. The zero-order valence-electron chi connectivity index (χ0n) is 11.4. The maximum absolute atomic E-state index is 11.0. The molecule has 0 aromatic rings. The van der Waals surface area contributed by atoms with Crippen LogP contribution in [0.5, 0.6) is 0 Å². The number of aliphatic hydroxyl groups is 1. The lowest BCUT2D eigenvalue weighted by Crippen LogP contribution is -2.51. The van der Waals surface area contributed by atoms with Crippen LogP contribution in [0.25, 0.3) is 0 Å². The minimum atomic E-state index is -0.890. The van der Waals surface area contributed by atoms with Crippen molar-refractivity contribution in [1.29, 1.82) is 0 Å². The Hall–Kier alpha value is -0.830. The van der Waals surface area contributed by atoms with Gasteiger partial charge >= 0.3 is 5.97 Å². The summed E-state index contributed by atoms with van der Waals surface area (Å²) in [6, 6.07) is 0. The van der Waals surface area contributed by atoms with Gasteiger partial charge in [-0.3, -0.25) is 0 Å². The molecule has 3 nitrogen and oxygen atoms in total. The molecule has 2 saturated carbocycles. The van der Waals surface area contributed by atoms with Crippen LogP contribution < -0.4 is 0 Å². The van der Waals surface area contributed by atoms with E-state index in [1.807, 2.05) is 6.92 Å². The smallest absolute Gasteiger partial charge is 0.331 e. The Labute approximate surface area is 109 Å². The van der Waals surface area contributed by atoms with Crippen molar-refractivity contribution in [3.05, 3.63) is 12.2 Å². The van der Waals surface area contributed by atoms with E-state index in [2.05, 4.69) is 13.5 Å². The Morgan fingerprint density at radius 1 is 1.28 bits per heavy atom. The first-order chi connectivity index (χ1) is 8.26. The van der Waals surface area contributed by atoms with Gasteiger partial charge in [0.25, 0.3) is 0 Å². The lowest BCUT2D eigenvalue weighted by Gasteiger charge is -2.54. The lowest BCUT2D eigenvalue weighted by atomic mass is 9.53. The average molecular weight is 252 g/mol. The highest BCUT2D eigenvalue weighted by molar-refractivity contribution is 5.86. The Kier molecular flexibility index (Phi) is 3.30. The van der Waals surface area contributed by atoms with Crippen LogP contribution in [0, 0.1) is 17.3 Å². The third kappa shape index (κ3) is 2.20. The van der Waals surface area contributed by atoms with E-state index in [1.165, 1.54) is 0 Å². The normalized spacial score (nSPS) is 44.2. The van der Waals surface area contributed by atoms with Gasteiger partial charge in [0.15, 0.2) is 0 Å². The van der Waals surface area contributed by atoms with Gasteiger partial charge in [0, 0.05) is 5.57 Å². The first-order valence-corrected chi connectivity index (χ1v) is 6.91. The van der Waals surface area contributed by atoms with Crippen molar-refractivity contribution >= 4 is 5.97 Å². The molecular formula is C15H24O3. The molecule has 2 N–H and O–H groups in total. The summed E-state index contributed by atoms with van der Waals surface area (Å²) in [5.74, 6) is -0.655. The second kappa shape index (κ2) is 4.37. The van der Waals surface area contributed by atoms with Crippen molar-refractivity contribution in [1.82, 2.24) is 0 Å². The third-order valence-corrected chi connectivity index (χ3v) is 5.37.